The minimum absolute atomic E-state index is 0.0333. The number of carboxylic acid groups (broad SMARTS) is 1. The van der Waals surface area contributed by atoms with Crippen molar-refractivity contribution < 1.29 is 14.7 Å². The first kappa shape index (κ1) is 16.5. The topological polar surface area (TPSA) is 112 Å². The van der Waals surface area contributed by atoms with E-state index in [1.807, 2.05) is 0 Å². The number of H-pyrrole nitrogens is 1. The normalized spacial score (nSPS) is 12.1. The van der Waals surface area contributed by atoms with Crippen LogP contribution in [0.3, 0.4) is 0 Å². The molecular formula is C15H17N3O5. The second-order valence-electron chi connectivity index (χ2n) is 5.21. The van der Waals surface area contributed by atoms with Crippen LogP contribution in [0.25, 0.3) is 10.8 Å². The number of fused-ring (bicyclic) bond motifs is 1. The highest BCUT2D eigenvalue weighted by Crippen LogP contribution is 2.04. The average molecular weight is 319 g/mol. The van der Waals surface area contributed by atoms with E-state index in [9.17, 15) is 19.2 Å². The van der Waals surface area contributed by atoms with Crippen LogP contribution in [-0.4, -0.2) is 44.8 Å². The summed E-state index contributed by atoms with van der Waals surface area (Å²) in [5.74, 6) is -1.54. The maximum atomic E-state index is 12.3. The number of nitrogens with one attached hydrogen (secondary N) is 1. The Morgan fingerprint density at radius 1 is 1.26 bits per heavy atom. The number of aromatic nitrogens is 2. The van der Waals surface area contributed by atoms with Gasteiger partial charge >= 0.3 is 5.97 Å². The highest BCUT2D eigenvalue weighted by atomic mass is 16.4. The van der Waals surface area contributed by atoms with E-state index in [-0.39, 0.29) is 23.7 Å². The zero-order valence-electron chi connectivity index (χ0n) is 12.8. The molecule has 0 saturated heterocycles. The lowest BCUT2D eigenvalue weighted by Gasteiger charge is -2.21. The highest BCUT2D eigenvalue weighted by molar-refractivity contribution is 5.83. The van der Waals surface area contributed by atoms with Crippen LogP contribution in [0.5, 0.6) is 0 Å². The predicted molar refractivity (Wildman–Crippen MR) is 83.3 cm³/mol. The molecule has 0 spiro atoms. The molecule has 8 nitrogen and oxygen atoms in total. The molecule has 1 unspecified atom stereocenters. The molecule has 122 valence electrons. The third-order valence-electron chi connectivity index (χ3n) is 3.76. The van der Waals surface area contributed by atoms with Crippen molar-refractivity contribution in [2.24, 2.45) is 0 Å². The fourth-order valence-electron chi connectivity index (χ4n) is 2.17. The van der Waals surface area contributed by atoms with Crippen LogP contribution < -0.4 is 11.1 Å². The van der Waals surface area contributed by atoms with Crippen molar-refractivity contribution in [3.63, 3.8) is 0 Å². The van der Waals surface area contributed by atoms with E-state index >= 15 is 0 Å². The van der Waals surface area contributed by atoms with E-state index in [2.05, 4.69) is 5.10 Å². The first-order valence-electron chi connectivity index (χ1n) is 7.03. The lowest BCUT2D eigenvalue weighted by atomic mass is 10.2. The number of carbonyl (C=O) groups excluding carboxylic acids is 1. The van der Waals surface area contributed by atoms with Gasteiger partial charge in [-0.15, -0.1) is 0 Å². The van der Waals surface area contributed by atoms with Gasteiger partial charge in [-0.3, -0.25) is 19.5 Å². The number of benzene rings is 1. The largest absolute Gasteiger partial charge is 0.480 e. The maximum Gasteiger partial charge on any atom is 0.326 e. The summed E-state index contributed by atoms with van der Waals surface area (Å²) in [6.45, 7) is 1.36. The minimum Gasteiger partial charge on any atom is -0.480 e. The fraction of sp³-hybridized carbons (Fsp3) is 0.333. The summed E-state index contributed by atoms with van der Waals surface area (Å²) in [5.41, 5.74) is -0.818. The molecule has 0 saturated carbocycles. The Labute approximate surface area is 130 Å². The summed E-state index contributed by atoms with van der Waals surface area (Å²) in [4.78, 5) is 48.2. The van der Waals surface area contributed by atoms with Crippen LogP contribution in [0.15, 0.2) is 33.9 Å². The third-order valence-corrected chi connectivity index (χ3v) is 3.76. The second-order valence-corrected chi connectivity index (χ2v) is 5.21. The predicted octanol–water partition coefficient (Wildman–Crippen LogP) is 0.0114. The van der Waals surface area contributed by atoms with Gasteiger partial charge in [0, 0.05) is 13.5 Å². The van der Waals surface area contributed by atoms with E-state index in [4.69, 9.17) is 5.11 Å². The molecule has 8 heteroatoms. The smallest absolute Gasteiger partial charge is 0.326 e. The summed E-state index contributed by atoms with van der Waals surface area (Å²) in [7, 11) is 1.38. The number of nitrogens with zero attached hydrogens (tertiary/aromatic N) is 2. The van der Waals surface area contributed by atoms with Gasteiger partial charge < -0.3 is 10.0 Å². The average Bonchev–Trinajstić information content (AvgIpc) is 2.55. The molecule has 23 heavy (non-hydrogen) atoms. The molecule has 2 rings (SSSR count). The molecular weight excluding hydrogens is 302 g/mol. The van der Waals surface area contributed by atoms with Gasteiger partial charge in [-0.2, -0.15) is 0 Å². The third kappa shape index (κ3) is 3.31. The van der Waals surface area contributed by atoms with E-state index in [0.29, 0.717) is 0 Å². The Kier molecular flexibility index (Phi) is 4.63. The lowest BCUT2D eigenvalue weighted by Crippen LogP contribution is -2.41. The van der Waals surface area contributed by atoms with Crippen molar-refractivity contribution in [2.45, 2.75) is 25.9 Å². The Balaban J connectivity index is 2.22. The molecule has 0 aliphatic heterocycles. The molecule has 0 bridgehead atoms. The number of carboxylic acids is 1. The van der Waals surface area contributed by atoms with Crippen molar-refractivity contribution in [1.82, 2.24) is 14.7 Å². The molecule has 1 aromatic carbocycles. The minimum atomic E-state index is -1.11. The number of hydrogen-bond acceptors (Lipinski definition) is 4. The Morgan fingerprint density at radius 3 is 2.48 bits per heavy atom. The van der Waals surface area contributed by atoms with Gasteiger partial charge in [-0.05, 0) is 19.1 Å². The number of hydrogen-bond donors (Lipinski definition) is 2. The number of aromatic amines is 1. The summed E-state index contributed by atoms with van der Waals surface area (Å²) in [6, 6.07) is 5.45. The van der Waals surface area contributed by atoms with Crippen molar-refractivity contribution in [3.8, 4) is 0 Å². The summed E-state index contributed by atoms with van der Waals surface area (Å²) in [6.07, 6.45) is -0.0949. The van der Waals surface area contributed by atoms with Gasteiger partial charge in [0.05, 0.1) is 17.3 Å². The van der Waals surface area contributed by atoms with Crippen molar-refractivity contribution >= 4 is 22.6 Å². The summed E-state index contributed by atoms with van der Waals surface area (Å²) in [5, 5.41) is 11.9. The lowest BCUT2D eigenvalue weighted by molar-refractivity contribution is -0.148. The number of carbonyl (C=O) groups is 2. The van der Waals surface area contributed by atoms with Crippen molar-refractivity contribution in [3.05, 3.63) is 45.0 Å². The van der Waals surface area contributed by atoms with E-state index < -0.39 is 29.0 Å². The van der Waals surface area contributed by atoms with Crippen LogP contribution >= 0.6 is 0 Å². The first-order valence-corrected chi connectivity index (χ1v) is 7.03. The quantitative estimate of drug-likeness (QED) is 0.806. The number of amides is 1. The number of rotatable bonds is 5. The van der Waals surface area contributed by atoms with Gasteiger partial charge in [0.15, 0.2) is 0 Å². The maximum absolute atomic E-state index is 12.3. The Bertz CT molecular complexity index is 867. The van der Waals surface area contributed by atoms with Crippen LogP contribution in [0.4, 0.5) is 0 Å². The Hall–Kier alpha value is -2.90. The molecule has 1 amide bonds. The van der Waals surface area contributed by atoms with Crippen LogP contribution in [0.1, 0.15) is 13.3 Å². The molecule has 0 radical (unpaired) electrons. The van der Waals surface area contributed by atoms with E-state index in [1.54, 1.807) is 24.3 Å². The van der Waals surface area contributed by atoms with Gasteiger partial charge in [0.1, 0.15) is 6.04 Å². The molecule has 2 N–H and O–H groups in total. The SMILES string of the molecule is CC(C(=O)O)N(C)C(=O)CCn1[nH]c(=O)c2ccccc2c1=O. The standard InChI is InChI=1S/C15H17N3O5/c1-9(15(22)23)17(2)12(19)7-8-18-14(21)11-6-4-3-5-10(11)13(20)16-18/h3-6,9H,7-8H2,1-2H3,(H,16,20)(H,22,23). The zero-order valence-corrected chi connectivity index (χ0v) is 12.8. The number of aryl methyl sites for hydroxylation is 1. The number of aliphatic carboxylic acids is 1. The van der Waals surface area contributed by atoms with Gasteiger partial charge in [-0.25, -0.2) is 9.48 Å². The van der Waals surface area contributed by atoms with E-state index in [1.165, 1.54) is 14.0 Å². The molecule has 1 atom stereocenters. The first-order chi connectivity index (χ1) is 10.8. The van der Waals surface area contributed by atoms with Gasteiger partial charge in [-0.1, -0.05) is 12.1 Å². The molecule has 2 aromatic rings. The molecule has 0 aliphatic rings. The monoisotopic (exact) mass is 319 g/mol. The summed E-state index contributed by atoms with van der Waals surface area (Å²) < 4.78 is 1.07. The highest BCUT2D eigenvalue weighted by Gasteiger charge is 2.21. The summed E-state index contributed by atoms with van der Waals surface area (Å²) >= 11 is 0. The number of likely N-dealkylation sites (N-methyl/N-ethyl adjacent to an activating group) is 1. The van der Waals surface area contributed by atoms with Crippen LogP contribution in [-0.2, 0) is 16.1 Å². The van der Waals surface area contributed by atoms with Crippen molar-refractivity contribution in [2.75, 3.05) is 7.05 Å². The van der Waals surface area contributed by atoms with Gasteiger partial charge in [0.25, 0.3) is 11.1 Å². The zero-order chi connectivity index (χ0) is 17.1. The van der Waals surface area contributed by atoms with E-state index in [0.717, 1.165) is 9.58 Å². The molecule has 1 heterocycles. The molecule has 1 aromatic heterocycles. The molecule has 0 fully saturated rings. The Morgan fingerprint density at radius 2 is 1.87 bits per heavy atom. The van der Waals surface area contributed by atoms with Crippen molar-refractivity contribution in [1.29, 1.82) is 0 Å². The second kappa shape index (κ2) is 6.47. The van der Waals surface area contributed by atoms with Gasteiger partial charge in [0.2, 0.25) is 5.91 Å². The fourth-order valence-corrected chi connectivity index (χ4v) is 2.17. The van der Waals surface area contributed by atoms with Crippen LogP contribution in [0, 0.1) is 0 Å². The van der Waals surface area contributed by atoms with Crippen LogP contribution in [0.2, 0.25) is 0 Å². The molecule has 0 aliphatic carbocycles.